The summed E-state index contributed by atoms with van der Waals surface area (Å²) in [5, 5.41) is 7.20. The van der Waals surface area contributed by atoms with Gasteiger partial charge in [0.25, 0.3) is 11.8 Å². The maximum atomic E-state index is 12.3. The highest BCUT2D eigenvalue weighted by atomic mass is 35.5. The van der Waals surface area contributed by atoms with Crippen molar-refractivity contribution in [1.82, 2.24) is 5.43 Å². The highest BCUT2D eigenvalue weighted by Crippen LogP contribution is 2.28. The summed E-state index contributed by atoms with van der Waals surface area (Å²) in [7, 11) is 1.53. The van der Waals surface area contributed by atoms with Gasteiger partial charge in [-0.1, -0.05) is 29.8 Å². The van der Waals surface area contributed by atoms with Gasteiger partial charge < -0.3 is 24.3 Å². The molecule has 2 N–H and O–H groups in total. The molecule has 3 aromatic rings. The van der Waals surface area contributed by atoms with Crippen LogP contribution >= 0.6 is 11.6 Å². The van der Waals surface area contributed by atoms with Crippen LogP contribution in [0.15, 0.2) is 71.8 Å². The molecule has 0 radical (unpaired) electrons. The molecule has 0 heterocycles. The molecule has 0 unspecified atom stereocenters. The Morgan fingerprint density at radius 3 is 2.47 bits per heavy atom. The number of methoxy groups -OCH3 is 1. The van der Waals surface area contributed by atoms with E-state index in [0.717, 1.165) is 0 Å². The number of ether oxygens (including phenoxy) is 4. The van der Waals surface area contributed by atoms with E-state index in [1.807, 2.05) is 13.0 Å². The molecule has 3 aromatic carbocycles. The Hall–Kier alpha value is -4.24. The number of hydrogen-bond donors (Lipinski definition) is 2. The topological polar surface area (TPSA) is 107 Å². The van der Waals surface area contributed by atoms with E-state index in [2.05, 4.69) is 15.8 Å². The Kier molecular flexibility index (Phi) is 9.96. The van der Waals surface area contributed by atoms with Crippen LogP contribution in [0.4, 0.5) is 5.69 Å². The van der Waals surface area contributed by atoms with Gasteiger partial charge in [-0.05, 0) is 61.0 Å². The van der Waals surface area contributed by atoms with Gasteiger partial charge in [0.2, 0.25) is 0 Å². The van der Waals surface area contributed by atoms with E-state index in [1.165, 1.54) is 13.3 Å². The molecule has 0 aliphatic carbocycles. The van der Waals surface area contributed by atoms with Crippen molar-refractivity contribution in [2.24, 2.45) is 5.10 Å². The largest absolute Gasteiger partial charge is 0.495 e. The summed E-state index contributed by atoms with van der Waals surface area (Å²) in [5.41, 5.74) is 3.59. The molecule has 188 valence electrons. The van der Waals surface area contributed by atoms with E-state index in [-0.39, 0.29) is 19.1 Å². The summed E-state index contributed by atoms with van der Waals surface area (Å²) in [6, 6.07) is 18.9. The molecule has 0 bridgehead atoms. The van der Waals surface area contributed by atoms with Crippen molar-refractivity contribution >= 4 is 35.3 Å². The number of carbonyl (C=O) groups is 2. The predicted molar refractivity (Wildman–Crippen MR) is 137 cm³/mol. The van der Waals surface area contributed by atoms with Crippen molar-refractivity contribution in [3.8, 4) is 23.0 Å². The standard InChI is InChI=1S/C26H26ClN3O6/c1-3-34-24-13-18(15-28-30-26(32)17-35-20-8-6-7-19(27)14-20)11-12-23(24)36-16-25(31)29-21-9-4-5-10-22(21)33-2/h4-15H,3,16-17H2,1-2H3,(H,29,31)(H,30,32)/b28-15+. The molecule has 3 rings (SSSR count). The number of hydrazone groups is 1. The fourth-order valence-electron chi connectivity index (χ4n) is 2.99. The third-order valence-electron chi connectivity index (χ3n) is 4.58. The van der Waals surface area contributed by atoms with Gasteiger partial charge in [0.15, 0.2) is 24.7 Å². The number of nitrogens with zero attached hydrogens (tertiary/aromatic N) is 1. The molecule has 2 amide bonds. The first-order valence-corrected chi connectivity index (χ1v) is 11.4. The van der Waals surface area contributed by atoms with Crippen LogP contribution in [-0.4, -0.2) is 45.0 Å². The second-order valence-corrected chi connectivity index (χ2v) is 7.65. The molecule has 36 heavy (non-hydrogen) atoms. The number of halogens is 1. The summed E-state index contributed by atoms with van der Waals surface area (Å²) in [4.78, 5) is 24.3. The molecule has 0 saturated carbocycles. The SMILES string of the molecule is CCOc1cc(/C=N/NC(=O)COc2cccc(Cl)c2)ccc1OCC(=O)Nc1ccccc1OC. The van der Waals surface area contributed by atoms with E-state index in [9.17, 15) is 9.59 Å². The quantitative estimate of drug-likeness (QED) is 0.277. The number of anilines is 1. The van der Waals surface area contributed by atoms with Crippen LogP contribution in [-0.2, 0) is 9.59 Å². The van der Waals surface area contributed by atoms with Crippen molar-refractivity contribution < 1.29 is 28.5 Å². The lowest BCUT2D eigenvalue weighted by atomic mass is 10.2. The molecule has 10 heteroatoms. The minimum atomic E-state index is -0.433. The van der Waals surface area contributed by atoms with Gasteiger partial charge >= 0.3 is 0 Å². The number of hydrogen-bond acceptors (Lipinski definition) is 7. The zero-order valence-electron chi connectivity index (χ0n) is 19.8. The molecule has 0 saturated heterocycles. The average Bonchev–Trinajstić information content (AvgIpc) is 2.87. The minimum Gasteiger partial charge on any atom is -0.495 e. The lowest BCUT2D eigenvalue weighted by molar-refractivity contribution is -0.123. The second kappa shape index (κ2) is 13.6. The van der Waals surface area contributed by atoms with Crippen molar-refractivity contribution in [2.75, 3.05) is 32.2 Å². The van der Waals surface area contributed by atoms with Gasteiger partial charge in [0.05, 0.1) is 25.6 Å². The molecule has 0 aliphatic rings. The first-order chi connectivity index (χ1) is 17.5. The van der Waals surface area contributed by atoms with Crippen molar-refractivity contribution in [2.45, 2.75) is 6.92 Å². The fourth-order valence-corrected chi connectivity index (χ4v) is 3.17. The van der Waals surface area contributed by atoms with Crippen molar-refractivity contribution in [3.63, 3.8) is 0 Å². The zero-order valence-corrected chi connectivity index (χ0v) is 20.6. The molecule has 0 atom stereocenters. The summed E-state index contributed by atoms with van der Waals surface area (Å²) in [6.07, 6.45) is 1.46. The van der Waals surface area contributed by atoms with Crippen LogP contribution in [0, 0.1) is 0 Å². The van der Waals surface area contributed by atoms with Crippen LogP contribution in [0.5, 0.6) is 23.0 Å². The summed E-state index contributed by atoms with van der Waals surface area (Å²) < 4.78 is 21.9. The van der Waals surface area contributed by atoms with Gasteiger partial charge in [0, 0.05) is 5.02 Å². The maximum Gasteiger partial charge on any atom is 0.277 e. The lowest BCUT2D eigenvalue weighted by Gasteiger charge is -2.13. The van der Waals surface area contributed by atoms with Crippen molar-refractivity contribution in [3.05, 3.63) is 77.3 Å². The average molecular weight is 512 g/mol. The molecule has 0 spiro atoms. The number of amides is 2. The van der Waals surface area contributed by atoms with Gasteiger partial charge in [0.1, 0.15) is 11.5 Å². The maximum absolute atomic E-state index is 12.3. The van der Waals surface area contributed by atoms with E-state index in [4.69, 9.17) is 30.5 Å². The number of benzene rings is 3. The summed E-state index contributed by atoms with van der Waals surface area (Å²) in [6.45, 7) is 1.78. The number of para-hydroxylation sites is 2. The number of carbonyl (C=O) groups excluding carboxylic acids is 2. The lowest BCUT2D eigenvalue weighted by Crippen LogP contribution is -2.24. The van der Waals surface area contributed by atoms with E-state index < -0.39 is 5.91 Å². The van der Waals surface area contributed by atoms with Gasteiger partial charge in [-0.2, -0.15) is 5.10 Å². The van der Waals surface area contributed by atoms with E-state index in [0.29, 0.717) is 45.9 Å². The minimum absolute atomic E-state index is 0.217. The third-order valence-corrected chi connectivity index (χ3v) is 4.81. The first kappa shape index (κ1) is 26.4. The normalized spacial score (nSPS) is 10.5. The van der Waals surface area contributed by atoms with E-state index in [1.54, 1.807) is 60.7 Å². The predicted octanol–water partition coefficient (Wildman–Crippen LogP) is 4.29. The monoisotopic (exact) mass is 511 g/mol. The molecular formula is C26H26ClN3O6. The zero-order chi connectivity index (χ0) is 25.8. The molecule has 0 aliphatic heterocycles. The number of nitrogens with one attached hydrogen (secondary N) is 2. The van der Waals surface area contributed by atoms with Crippen LogP contribution in [0.2, 0.25) is 5.02 Å². The summed E-state index contributed by atoms with van der Waals surface area (Å²) in [5.74, 6) is 1.07. The Morgan fingerprint density at radius 2 is 1.69 bits per heavy atom. The van der Waals surface area contributed by atoms with Gasteiger partial charge in [-0.3, -0.25) is 9.59 Å². The number of rotatable bonds is 12. The second-order valence-electron chi connectivity index (χ2n) is 7.22. The van der Waals surface area contributed by atoms with Crippen LogP contribution in [0.1, 0.15) is 12.5 Å². The van der Waals surface area contributed by atoms with E-state index >= 15 is 0 Å². The molecule has 0 aromatic heterocycles. The molecular weight excluding hydrogens is 486 g/mol. The highest BCUT2D eigenvalue weighted by molar-refractivity contribution is 6.30. The Labute approximate surface area is 214 Å². The smallest absolute Gasteiger partial charge is 0.277 e. The fraction of sp³-hybridized carbons (Fsp3) is 0.192. The molecule has 9 nitrogen and oxygen atoms in total. The first-order valence-electron chi connectivity index (χ1n) is 11.0. The Balaban J connectivity index is 1.53. The van der Waals surface area contributed by atoms with Crippen LogP contribution in [0.25, 0.3) is 0 Å². The van der Waals surface area contributed by atoms with Crippen LogP contribution in [0.3, 0.4) is 0 Å². The van der Waals surface area contributed by atoms with Crippen molar-refractivity contribution in [1.29, 1.82) is 0 Å². The van der Waals surface area contributed by atoms with Gasteiger partial charge in [-0.15, -0.1) is 0 Å². The molecule has 0 fully saturated rings. The highest BCUT2D eigenvalue weighted by Gasteiger charge is 2.11. The van der Waals surface area contributed by atoms with Gasteiger partial charge in [-0.25, -0.2) is 5.43 Å². The van der Waals surface area contributed by atoms with Crippen LogP contribution < -0.4 is 29.7 Å². The third kappa shape index (κ3) is 8.21. The summed E-state index contributed by atoms with van der Waals surface area (Å²) >= 11 is 5.89. The Bertz CT molecular complexity index is 1220. The Morgan fingerprint density at radius 1 is 0.889 bits per heavy atom.